The largest absolute Gasteiger partial charge is 0.456 e. The summed E-state index contributed by atoms with van der Waals surface area (Å²) in [5.74, 6) is 1.98. The van der Waals surface area contributed by atoms with Gasteiger partial charge in [0.2, 0.25) is 17.8 Å². The Balaban J connectivity index is 0.0000000986. The van der Waals surface area contributed by atoms with E-state index in [1.54, 1.807) is 0 Å². The predicted octanol–water partition coefficient (Wildman–Crippen LogP) is 35.7. The summed E-state index contributed by atoms with van der Waals surface area (Å²) in [6.07, 6.45) is 0. The molecule has 0 fully saturated rings. The maximum Gasteiger partial charge on any atom is 0.235 e. The van der Waals surface area contributed by atoms with Gasteiger partial charge in [0, 0.05) is 128 Å². The van der Waals surface area contributed by atoms with Crippen LogP contribution in [0, 0.1) is 0 Å². The molecule has 0 radical (unpaired) electrons. The highest BCUT2D eigenvalue weighted by Gasteiger charge is 2.30. The number of furan rings is 2. The normalized spacial score (nSPS) is 12.2. The standard InChI is InChI=1S/2C44H25N3O.C44H25N3S/c1-2-12-28-26(11-1)21-23-37-40(28)41-32-16-5-3-13-29(32)30-14-4-6-17-33(30)43(41)47(37)44-45-36-19-9-7-18-34(36)42(46-44)27-22-24-39-35(25-27)31-15-8-10-20-38(31)48-39;1-2-12-27-25-38-36(23-26(27)11-1)41-32-16-5-3-13-29(32)30-14-4-6-17-33(30)43(41)47(38)44-45-37-19-9-7-18-34(37)42(46-44)28-21-22-40-35(24-28)31-15-8-10-20-39(31)48-40;1-2-12-28-26(11-1)21-23-35-40-32-16-5-3-13-29(32)30-14-4-6-17-33(30)43(40)47(42(28)35)44-45-37-19-9-7-18-34(37)41(46-44)27-22-24-39-36(25-27)31-15-8-10-20-38(31)48-39/h3*1-25H. The molecular formula is C132H75N9O2S. The molecule has 0 aliphatic heterocycles. The number of benzene rings is 24. The molecule has 0 N–H and O–H groups in total. The minimum Gasteiger partial charge on any atom is -0.456 e. The Labute approximate surface area is 823 Å². The first-order valence-corrected chi connectivity index (χ1v) is 49.6. The van der Waals surface area contributed by atoms with E-state index in [-0.39, 0.29) is 0 Å². The molecule has 0 saturated carbocycles. The zero-order valence-corrected chi connectivity index (χ0v) is 77.9. The second-order valence-electron chi connectivity index (χ2n) is 37.6. The highest BCUT2D eigenvalue weighted by atomic mass is 32.1. The van der Waals surface area contributed by atoms with Gasteiger partial charge in [0.25, 0.3) is 0 Å². The monoisotopic (exact) mass is 1850 g/mol. The van der Waals surface area contributed by atoms with Crippen molar-refractivity contribution in [3.8, 4) is 51.6 Å². The molecule has 12 heteroatoms. The molecular weight excluding hydrogens is 1780 g/mol. The number of hydrogen-bond donors (Lipinski definition) is 0. The summed E-state index contributed by atoms with van der Waals surface area (Å²) in [4.78, 5) is 32.4. The highest BCUT2D eigenvalue weighted by molar-refractivity contribution is 7.25. The molecule has 11 nitrogen and oxygen atoms in total. The van der Waals surface area contributed by atoms with Crippen LogP contribution in [0.1, 0.15) is 0 Å². The molecule has 0 aliphatic rings. The van der Waals surface area contributed by atoms with Crippen LogP contribution in [-0.4, -0.2) is 43.6 Å². The first-order chi connectivity index (χ1) is 71.4. The Morgan fingerprint density at radius 3 is 1.01 bits per heavy atom. The summed E-state index contributed by atoms with van der Waals surface area (Å²) < 4.78 is 21.9. The summed E-state index contributed by atoms with van der Waals surface area (Å²) in [5, 5.41) is 39.1. The smallest absolute Gasteiger partial charge is 0.235 e. The van der Waals surface area contributed by atoms with Gasteiger partial charge in [-0.1, -0.05) is 352 Å². The molecule has 666 valence electrons. The topological polar surface area (TPSA) is 118 Å². The van der Waals surface area contributed by atoms with E-state index in [1.165, 1.54) is 149 Å². The lowest BCUT2D eigenvalue weighted by Gasteiger charge is -2.14. The lowest BCUT2D eigenvalue weighted by molar-refractivity contribution is 0.668. The second-order valence-corrected chi connectivity index (χ2v) is 38.7. The third-order valence-electron chi connectivity index (χ3n) is 29.9. The number of fused-ring (bicyclic) bond motifs is 41. The van der Waals surface area contributed by atoms with Gasteiger partial charge >= 0.3 is 0 Å². The Bertz CT molecular complexity index is 11100. The molecule has 144 heavy (non-hydrogen) atoms. The number of para-hydroxylation sites is 5. The third kappa shape index (κ3) is 11.9. The van der Waals surface area contributed by atoms with Gasteiger partial charge < -0.3 is 8.83 Å². The van der Waals surface area contributed by atoms with Crippen molar-refractivity contribution in [1.82, 2.24) is 43.6 Å². The first-order valence-electron chi connectivity index (χ1n) is 48.8. The molecule has 0 aliphatic carbocycles. The van der Waals surface area contributed by atoms with Crippen molar-refractivity contribution in [2.75, 3.05) is 0 Å². The second kappa shape index (κ2) is 31.2. The molecule has 33 aromatic rings. The van der Waals surface area contributed by atoms with Crippen molar-refractivity contribution in [2.24, 2.45) is 0 Å². The van der Waals surface area contributed by atoms with Crippen LogP contribution in [0.25, 0.3) is 311 Å². The van der Waals surface area contributed by atoms with Crippen molar-refractivity contribution in [1.29, 1.82) is 0 Å². The van der Waals surface area contributed by atoms with Crippen LogP contribution in [0.2, 0.25) is 0 Å². The van der Waals surface area contributed by atoms with Gasteiger partial charge in [0.05, 0.1) is 66.7 Å². The van der Waals surface area contributed by atoms with Gasteiger partial charge in [-0.2, -0.15) is 0 Å². The number of aromatic nitrogens is 9. The summed E-state index contributed by atoms with van der Waals surface area (Å²) in [6.45, 7) is 0. The summed E-state index contributed by atoms with van der Waals surface area (Å²) in [6, 6.07) is 162. The van der Waals surface area contributed by atoms with E-state index in [9.17, 15) is 0 Å². The number of rotatable bonds is 6. The molecule has 24 aromatic carbocycles. The van der Waals surface area contributed by atoms with Gasteiger partial charge in [-0.05, 0) is 179 Å². The van der Waals surface area contributed by atoms with E-state index in [2.05, 4.69) is 444 Å². The van der Waals surface area contributed by atoms with Crippen molar-refractivity contribution in [3.63, 3.8) is 0 Å². The molecule has 0 spiro atoms. The Morgan fingerprint density at radius 1 is 0.167 bits per heavy atom. The summed E-state index contributed by atoms with van der Waals surface area (Å²) >= 11 is 1.84. The average Bonchev–Trinajstić information content (AvgIpc) is 1.54. The average molecular weight is 1850 g/mol. The van der Waals surface area contributed by atoms with Crippen LogP contribution in [-0.2, 0) is 0 Å². The zero-order valence-electron chi connectivity index (χ0n) is 77.1. The molecule has 33 rings (SSSR count). The zero-order chi connectivity index (χ0) is 94.0. The van der Waals surface area contributed by atoms with E-state index >= 15 is 0 Å². The molecule has 9 heterocycles. The van der Waals surface area contributed by atoms with Gasteiger partial charge in [-0.15, -0.1) is 11.3 Å². The van der Waals surface area contributed by atoms with Crippen LogP contribution in [0.5, 0.6) is 0 Å². The molecule has 0 saturated heterocycles. The minimum atomic E-state index is 0.650. The van der Waals surface area contributed by atoms with E-state index in [0.29, 0.717) is 17.8 Å². The van der Waals surface area contributed by atoms with Gasteiger partial charge in [-0.25, -0.2) is 29.9 Å². The van der Waals surface area contributed by atoms with Crippen LogP contribution >= 0.6 is 11.3 Å². The van der Waals surface area contributed by atoms with E-state index in [1.807, 2.05) is 35.6 Å². The quantitative estimate of drug-likeness (QED) is 0.151. The van der Waals surface area contributed by atoms with Gasteiger partial charge in [0.1, 0.15) is 22.3 Å². The maximum atomic E-state index is 6.18. The molecule has 9 aromatic heterocycles. The number of hydrogen-bond acceptors (Lipinski definition) is 9. The van der Waals surface area contributed by atoms with Crippen molar-refractivity contribution < 1.29 is 8.83 Å². The van der Waals surface area contributed by atoms with Crippen molar-refractivity contribution >= 4 is 270 Å². The maximum absolute atomic E-state index is 6.18. The number of nitrogens with zero attached hydrogens (tertiary/aromatic N) is 9. The fraction of sp³-hybridized carbons (Fsp3) is 0. The first kappa shape index (κ1) is 79.9. The summed E-state index contributed by atoms with van der Waals surface area (Å²) in [5.41, 5.74) is 18.8. The van der Waals surface area contributed by atoms with E-state index in [0.717, 1.165) is 143 Å². The van der Waals surface area contributed by atoms with Gasteiger partial charge in [0.15, 0.2) is 0 Å². The molecule has 0 amide bonds. The lowest BCUT2D eigenvalue weighted by Crippen LogP contribution is -2.04. The SMILES string of the molecule is c1ccc2c(c1)ccc1c2c2c3ccccc3c3ccccc3c2n1-c1nc(-c2ccc3oc4ccccc4c3c2)c2ccccc2n1.c1ccc2c(c1)ccc1c3c4ccccc4c4ccccc4c3n(-c3nc(-c4ccc5sc6ccccc6c5c4)c4ccccc4n3)c21.c1ccc2cc3c(cc2c1)c1c2ccccc2c2ccccc2c1n3-c1nc(-c2ccc3oc4ccccc4c3c2)c2ccccc2n1. The minimum absolute atomic E-state index is 0.650. The third-order valence-corrected chi connectivity index (χ3v) is 31.0. The van der Waals surface area contributed by atoms with Crippen molar-refractivity contribution in [3.05, 3.63) is 455 Å². The lowest BCUT2D eigenvalue weighted by atomic mass is 9.95. The molecule has 0 bridgehead atoms. The Hall–Kier alpha value is -19.1. The van der Waals surface area contributed by atoms with E-state index in [4.69, 9.17) is 38.7 Å². The highest BCUT2D eigenvalue weighted by Crippen LogP contribution is 2.51. The van der Waals surface area contributed by atoms with Crippen LogP contribution < -0.4 is 0 Å². The molecule has 0 atom stereocenters. The Morgan fingerprint density at radius 2 is 0.500 bits per heavy atom. The number of thiophene rings is 1. The van der Waals surface area contributed by atoms with E-state index < -0.39 is 0 Å². The van der Waals surface area contributed by atoms with Crippen LogP contribution in [0.15, 0.2) is 464 Å². The Kier molecular flexibility index (Phi) is 17.3. The molecule has 0 unspecified atom stereocenters. The fourth-order valence-corrected chi connectivity index (χ4v) is 24.7. The van der Waals surface area contributed by atoms with Crippen LogP contribution in [0.3, 0.4) is 0 Å². The predicted molar refractivity (Wildman–Crippen MR) is 603 cm³/mol. The van der Waals surface area contributed by atoms with Crippen molar-refractivity contribution in [2.45, 2.75) is 0 Å². The van der Waals surface area contributed by atoms with Crippen LogP contribution in [0.4, 0.5) is 0 Å². The van der Waals surface area contributed by atoms with Gasteiger partial charge in [-0.3, -0.25) is 13.7 Å². The summed E-state index contributed by atoms with van der Waals surface area (Å²) in [7, 11) is 0. The fourth-order valence-electron chi connectivity index (χ4n) is 23.6.